The summed E-state index contributed by atoms with van der Waals surface area (Å²) in [5.74, 6) is 0.200. The van der Waals surface area contributed by atoms with Crippen molar-refractivity contribution in [2.45, 2.75) is 46.1 Å². The van der Waals surface area contributed by atoms with Gasteiger partial charge in [-0.25, -0.2) is 4.79 Å². The molecule has 3 heteroatoms. The third-order valence-corrected chi connectivity index (χ3v) is 3.09. The fourth-order valence-corrected chi connectivity index (χ4v) is 2.18. The van der Waals surface area contributed by atoms with E-state index in [2.05, 4.69) is 20.8 Å². The molecule has 1 atom stereocenters. The van der Waals surface area contributed by atoms with Crippen LogP contribution in [0, 0.1) is 5.92 Å². The first-order valence-corrected chi connectivity index (χ1v) is 7.35. The summed E-state index contributed by atoms with van der Waals surface area (Å²) in [6.07, 6.45) is 2.78. The number of carbonyl (C=O) groups excluding carboxylic acids is 1. The van der Waals surface area contributed by atoms with Gasteiger partial charge in [0.15, 0.2) is 0 Å². The Bertz CT molecular complexity index is 395. The molecule has 0 saturated heterocycles. The number of aryl methyl sites for hydroxylation is 1. The molecule has 1 rings (SSSR count). The van der Waals surface area contributed by atoms with Crippen LogP contribution in [-0.2, 0) is 15.9 Å². The van der Waals surface area contributed by atoms with E-state index in [1.165, 1.54) is 5.56 Å². The molecular weight excluding hydrogens is 252 g/mol. The van der Waals surface area contributed by atoms with Gasteiger partial charge in [0.1, 0.15) is 6.10 Å². The minimum Gasteiger partial charge on any atom is -0.456 e. The largest absolute Gasteiger partial charge is 0.456 e. The summed E-state index contributed by atoms with van der Waals surface area (Å²) in [5.41, 5.74) is 1.86. The van der Waals surface area contributed by atoms with Crippen LogP contribution >= 0.6 is 0 Å². The molecule has 0 bridgehead atoms. The van der Waals surface area contributed by atoms with E-state index < -0.39 is 0 Å². The van der Waals surface area contributed by atoms with Crippen molar-refractivity contribution in [3.05, 3.63) is 35.4 Å². The van der Waals surface area contributed by atoms with Crippen LogP contribution in [-0.4, -0.2) is 25.8 Å². The highest BCUT2D eigenvalue weighted by molar-refractivity contribution is 5.89. The molecule has 1 aromatic carbocycles. The van der Waals surface area contributed by atoms with Crippen LogP contribution in [0.5, 0.6) is 0 Å². The molecule has 0 radical (unpaired) electrons. The molecule has 0 spiro atoms. The standard InChI is InChI=1S/C17H26O3/c1-5-6-14-7-9-15(10-8-14)17(18)20-16(12-19-4)11-13(2)3/h7-10,13,16H,5-6,11-12H2,1-4H3. The number of methoxy groups -OCH3 is 1. The molecule has 0 aliphatic carbocycles. The lowest BCUT2D eigenvalue weighted by atomic mass is 10.1. The van der Waals surface area contributed by atoms with E-state index in [1.807, 2.05) is 24.3 Å². The van der Waals surface area contributed by atoms with E-state index in [1.54, 1.807) is 7.11 Å². The van der Waals surface area contributed by atoms with Crippen molar-refractivity contribution in [2.75, 3.05) is 13.7 Å². The van der Waals surface area contributed by atoms with Crippen molar-refractivity contribution in [1.29, 1.82) is 0 Å². The van der Waals surface area contributed by atoms with E-state index in [0.717, 1.165) is 19.3 Å². The van der Waals surface area contributed by atoms with Gasteiger partial charge < -0.3 is 9.47 Å². The zero-order valence-electron chi connectivity index (χ0n) is 13.0. The van der Waals surface area contributed by atoms with Crippen molar-refractivity contribution in [3.63, 3.8) is 0 Å². The third kappa shape index (κ3) is 5.74. The monoisotopic (exact) mass is 278 g/mol. The topological polar surface area (TPSA) is 35.5 Å². The molecule has 0 N–H and O–H groups in total. The Morgan fingerprint density at radius 1 is 1.20 bits per heavy atom. The molecule has 0 amide bonds. The third-order valence-electron chi connectivity index (χ3n) is 3.09. The van der Waals surface area contributed by atoms with Gasteiger partial charge in [0.2, 0.25) is 0 Å². The van der Waals surface area contributed by atoms with Crippen LogP contribution in [0.4, 0.5) is 0 Å². The average molecular weight is 278 g/mol. The molecule has 0 heterocycles. The van der Waals surface area contributed by atoms with Crippen LogP contribution < -0.4 is 0 Å². The van der Waals surface area contributed by atoms with E-state index >= 15 is 0 Å². The molecule has 0 saturated carbocycles. The number of benzene rings is 1. The van der Waals surface area contributed by atoms with Gasteiger partial charge in [-0.15, -0.1) is 0 Å². The highest BCUT2D eigenvalue weighted by Crippen LogP contribution is 2.13. The lowest BCUT2D eigenvalue weighted by molar-refractivity contribution is -0.000679. The number of hydrogen-bond acceptors (Lipinski definition) is 3. The number of ether oxygens (including phenoxy) is 2. The first kappa shape index (κ1) is 16.7. The predicted octanol–water partition coefficient (Wildman–Crippen LogP) is 3.86. The molecule has 0 fully saturated rings. The van der Waals surface area contributed by atoms with Crippen LogP contribution in [0.15, 0.2) is 24.3 Å². The quantitative estimate of drug-likeness (QED) is 0.677. The van der Waals surface area contributed by atoms with Crippen LogP contribution in [0.25, 0.3) is 0 Å². The van der Waals surface area contributed by atoms with E-state index in [4.69, 9.17) is 9.47 Å². The molecule has 0 aliphatic rings. The van der Waals surface area contributed by atoms with Gasteiger partial charge in [0.25, 0.3) is 0 Å². The Morgan fingerprint density at radius 2 is 1.85 bits per heavy atom. The number of carbonyl (C=O) groups is 1. The Kier molecular flexibility index (Phi) is 7.31. The Hall–Kier alpha value is -1.35. The summed E-state index contributed by atoms with van der Waals surface area (Å²) < 4.78 is 10.6. The molecular formula is C17H26O3. The normalized spacial score (nSPS) is 12.4. The van der Waals surface area contributed by atoms with E-state index in [0.29, 0.717) is 18.1 Å². The van der Waals surface area contributed by atoms with Crippen molar-refractivity contribution in [3.8, 4) is 0 Å². The summed E-state index contributed by atoms with van der Waals surface area (Å²) in [6, 6.07) is 7.67. The number of rotatable bonds is 8. The second-order valence-electron chi connectivity index (χ2n) is 5.56. The highest BCUT2D eigenvalue weighted by atomic mass is 16.6. The van der Waals surface area contributed by atoms with Crippen molar-refractivity contribution in [1.82, 2.24) is 0 Å². The second kappa shape index (κ2) is 8.75. The van der Waals surface area contributed by atoms with Crippen LogP contribution in [0.3, 0.4) is 0 Å². The van der Waals surface area contributed by atoms with Crippen LogP contribution in [0.2, 0.25) is 0 Å². The maximum absolute atomic E-state index is 12.1. The molecule has 1 aromatic rings. The van der Waals surface area contributed by atoms with Crippen LogP contribution in [0.1, 0.15) is 49.5 Å². The van der Waals surface area contributed by atoms with Crippen molar-refractivity contribution >= 4 is 5.97 Å². The lowest BCUT2D eigenvalue weighted by Gasteiger charge is -2.19. The molecule has 0 aromatic heterocycles. The molecule has 0 aliphatic heterocycles. The van der Waals surface area contributed by atoms with Gasteiger partial charge in [0, 0.05) is 7.11 Å². The van der Waals surface area contributed by atoms with E-state index in [9.17, 15) is 4.79 Å². The van der Waals surface area contributed by atoms with E-state index in [-0.39, 0.29) is 12.1 Å². The average Bonchev–Trinajstić information content (AvgIpc) is 2.39. The predicted molar refractivity (Wildman–Crippen MR) is 81.0 cm³/mol. The Balaban J connectivity index is 2.63. The Labute approximate surface area is 122 Å². The highest BCUT2D eigenvalue weighted by Gasteiger charge is 2.17. The van der Waals surface area contributed by atoms with Gasteiger partial charge in [-0.05, 0) is 36.5 Å². The smallest absolute Gasteiger partial charge is 0.338 e. The van der Waals surface area contributed by atoms with Gasteiger partial charge >= 0.3 is 5.97 Å². The molecule has 3 nitrogen and oxygen atoms in total. The summed E-state index contributed by atoms with van der Waals surface area (Å²) in [5, 5.41) is 0. The summed E-state index contributed by atoms with van der Waals surface area (Å²) in [7, 11) is 1.63. The van der Waals surface area contributed by atoms with Gasteiger partial charge in [-0.1, -0.05) is 39.3 Å². The summed E-state index contributed by atoms with van der Waals surface area (Å²) in [4.78, 5) is 12.1. The van der Waals surface area contributed by atoms with Gasteiger partial charge in [0.05, 0.1) is 12.2 Å². The second-order valence-corrected chi connectivity index (χ2v) is 5.56. The first-order chi connectivity index (χ1) is 9.56. The van der Waals surface area contributed by atoms with Gasteiger partial charge in [-0.3, -0.25) is 0 Å². The maximum Gasteiger partial charge on any atom is 0.338 e. The fraction of sp³-hybridized carbons (Fsp3) is 0.588. The SMILES string of the molecule is CCCc1ccc(C(=O)OC(COC)CC(C)C)cc1. The number of esters is 1. The minimum absolute atomic E-state index is 0.178. The summed E-state index contributed by atoms with van der Waals surface area (Å²) >= 11 is 0. The maximum atomic E-state index is 12.1. The summed E-state index contributed by atoms with van der Waals surface area (Å²) in [6.45, 7) is 6.80. The van der Waals surface area contributed by atoms with Crippen molar-refractivity contribution < 1.29 is 14.3 Å². The lowest BCUT2D eigenvalue weighted by Crippen LogP contribution is -2.24. The zero-order valence-corrected chi connectivity index (χ0v) is 13.0. The Morgan fingerprint density at radius 3 is 2.35 bits per heavy atom. The first-order valence-electron chi connectivity index (χ1n) is 7.35. The minimum atomic E-state index is -0.268. The molecule has 20 heavy (non-hydrogen) atoms. The molecule has 1 unspecified atom stereocenters. The van der Waals surface area contributed by atoms with Crippen molar-refractivity contribution in [2.24, 2.45) is 5.92 Å². The molecule has 112 valence electrons. The van der Waals surface area contributed by atoms with Gasteiger partial charge in [-0.2, -0.15) is 0 Å². The fourth-order valence-electron chi connectivity index (χ4n) is 2.18. The number of hydrogen-bond donors (Lipinski definition) is 0. The zero-order chi connectivity index (χ0) is 15.0.